The molecule has 3 unspecified atom stereocenters. The lowest BCUT2D eigenvalue weighted by molar-refractivity contribution is -0.154. The number of rotatable bonds is 7. The van der Waals surface area contributed by atoms with Gasteiger partial charge in [0, 0.05) is 6.42 Å². The van der Waals surface area contributed by atoms with Gasteiger partial charge in [0.15, 0.2) is 0 Å². The number of ether oxygens (including phenoxy) is 4. The maximum absolute atomic E-state index is 12.7. The molecule has 0 bridgehead atoms. The standard InChI is InChI=1S/C20H23ClO6/c1-2-9-24-19(22)12-25-13-7-8-14-17(10-13)26-11-18(20(14)23)27-16-6-4-3-5-15(16)21/h3-6,11,13-14,17H,2,7-10,12H2,1H3. The van der Waals surface area contributed by atoms with Gasteiger partial charge in [0.25, 0.3) is 0 Å². The summed E-state index contributed by atoms with van der Waals surface area (Å²) >= 11 is 6.08. The third-order valence-electron chi connectivity index (χ3n) is 4.63. The van der Waals surface area contributed by atoms with Crippen molar-refractivity contribution in [2.24, 2.45) is 5.92 Å². The van der Waals surface area contributed by atoms with Crippen LogP contribution in [0.2, 0.25) is 5.02 Å². The van der Waals surface area contributed by atoms with Crippen molar-refractivity contribution in [1.82, 2.24) is 0 Å². The van der Waals surface area contributed by atoms with E-state index < -0.39 is 0 Å². The van der Waals surface area contributed by atoms with Crippen molar-refractivity contribution in [3.63, 3.8) is 0 Å². The van der Waals surface area contributed by atoms with E-state index in [1.807, 2.05) is 6.92 Å². The summed E-state index contributed by atoms with van der Waals surface area (Å²) < 4.78 is 22.0. The van der Waals surface area contributed by atoms with Gasteiger partial charge in [-0.05, 0) is 31.4 Å². The van der Waals surface area contributed by atoms with Crippen LogP contribution in [0.5, 0.6) is 5.75 Å². The zero-order valence-corrected chi connectivity index (χ0v) is 15.9. The minimum absolute atomic E-state index is 0.0767. The first-order valence-electron chi connectivity index (χ1n) is 9.18. The van der Waals surface area contributed by atoms with Crippen LogP contribution >= 0.6 is 11.6 Å². The smallest absolute Gasteiger partial charge is 0.332 e. The Bertz CT molecular complexity index is 716. The number of Topliss-reactive ketones (excluding diaryl/α,β-unsaturated/α-hetero) is 1. The molecule has 0 spiro atoms. The monoisotopic (exact) mass is 394 g/mol. The van der Waals surface area contributed by atoms with Crippen LogP contribution in [0.3, 0.4) is 0 Å². The highest BCUT2D eigenvalue weighted by molar-refractivity contribution is 6.32. The first-order valence-corrected chi connectivity index (χ1v) is 9.55. The van der Waals surface area contributed by atoms with E-state index in [0.717, 1.165) is 6.42 Å². The van der Waals surface area contributed by atoms with Gasteiger partial charge in [-0.2, -0.15) is 0 Å². The number of fused-ring (bicyclic) bond motifs is 1. The van der Waals surface area contributed by atoms with Crippen molar-refractivity contribution >= 4 is 23.4 Å². The molecule has 1 aliphatic heterocycles. The first-order chi connectivity index (χ1) is 13.1. The minimum Gasteiger partial charge on any atom is -0.493 e. The number of esters is 1. The van der Waals surface area contributed by atoms with Gasteiger partial charge in [0.1, 0.15) is 24.7 Å². The van der Waals surface area contributed by atoms with Gasteiger partial charge < -0.3 is 18.9 Å². The second kappa shape index (κ2) is 9.24. The Labute approximate surface area is 163 Å². The summed E-state index contributed by atoms with van der Waals surface area (Å²) in [5.41, 5.74) is 0. The molecule has 1 saturated carbocycles. The predicted octanol–water partition coefficient (Wildman–Crippen LogP) is 3.67. The van der Waals surface area contributed by atoms with Gasteiger partial charge in [0.05, 0.1) is 23.7 Å². The lowest BCUT2D eigenvalue weighted by atomic mass is 9.80. The van der Waals surface area contributed by atoms with Gasteiger partial charge in [-0.3, -0.25) is 4.79 Å². The van der Waals surface area contributed by atoms with Crippen LogP contribution in [0, 0.1) is 5.92 Å². The van der Waals surface area contributed by atoms with Crippen molar-refractivity contribution in [3.8, 4) is 5.75 Å². The second-order valence-electron chi connectivity index (χ2n) is 6.63. The lowest BCUT2D eigenvalue weighted by Crippen LogP contribution is -2.42. The highest BCUT2D eigenvalue weighted by atomic mass is 35.5. The zero-order valence-electron chi connectivity index (χ0n) is 15.2. The van der Waals surface area contributed by atoms with E-state index in [1.165, 1.54) is 6.26 Å². The Hall–Kier alpha value is -2.05. The SMILES string of the molecule is CCCOC(=O)COC1CCC2C(=O)C(Oc3ccccc3Cl)=COC2C1. The van der Waals surface area contributed by atoms with Crippen LogP contribution in [0.1, 0.15) is 32.6 Å². The largest absolute Gasteiger partial charge is 0.493 e. The number of hydrogen-bond donors (Lipinski definition) is 0. The van der Waals surface area contributed by atoms with Crippen LogP contribution < -0.4 is 4.74 Å². The van der Waals surface area contributed by atoms with E-state index in [1.54, 1.807) is 24.3 Å². The summed E-state index contributed by atoms with van der Waals surface area (Å²) in [6, 6.07) is 6.97. The van der Waals surface area contributed by atoms with Crippen LogP contribution in [0.25, 0.3) is 0 Å². The van der Waals surface area contributed by atoms with E-state index in [2.05, 4.69) is 0 Å². The van der Waals surface area contributed by atoms with Gasteiger partial charge in [-0.25, -0.2) is 4.79 Å². The predicted molar refractivity (Wildman–Crippen MR) is 98.4 cm³/mol. The van der Waals surface area contributed by atoms with E-state index in [9.17, 15) is 9.59 Å². The van der Waals surface area contributed by atoms with Crippen molar-refractivity contribution in [3.05, 3.63) is 41.3 Å². The molecule has 1 aromatic rings. The molecule has 0 amide bonds. The van der Waals surface area contributed by atoms with Crippen LogP contribution in [0.15, 0.2) is 36.3 Å². The number of para-hydroxylation sites is 1. The summed E-state index contributed by atoms with van der Waals surface area (Å²) in [4.78, 5) is 24.3. The molecule has 0 N–H and O–H groups in total. The molecule has 1 fully saturated rings. The summed E-state index contributed by atoms with van der Waals surface area (Å²) in [7, 11) is 0. The molecular weight excluding hydrogens is 372 g/mol. The topological polar surface area (TPSA) is 71.1 Å². The highest BCUT2D eigenvalue weighted by Crippen LogP contribution is 2.36. The number of carbonyl (C=O) groups excluding carboxylic acids is 2. The third kappa shape index (κ3) is 5.02. The second-order valence-corrected chi connectivity index (χ2v) is 7.03. The summed E-state index contributed by atoms with van der Waals surface area (Å²) in [6.07, 6.45) is 3.56. The van der Waals surface area contributed by atoms with Crippen molar-refractivity contribution < 1.29 is 28.5 Å². The molecule has 27 heavy (non-hydrogen) atoms. The van der Waals surface area contributed by atoms with Gasteiger partial charge >= 0.3 is 5.97 Å². The molecule has 1 heterocycles. The fraction of sp³-hybridized carbons (Fsp3) is 0.500. The van der Waals surface area contributed by atoms with Gasteiger partial charge in [-0.1, -0.05) is 30.7 Å². The van der Waals surface area contributed by atoms with Gasteiger partial charge in [0.2, 0.25) is 11.5 Å². The minimum atomic E-state index is -0.366. The molecule has 1 aromatic carbocycles. The van der Waals surface area contributed by atoms with Crippen LogP contribution in [0.4, 0.5) is 0 Å². The Morgan fingerprint density at radius 2 is 2.11 bits per heavy atom. The van der Waals surface area contributed by atoms with Crippen molar-refractivity contribution in [1.29, 1.82) is 0 Å². The molecule has 3 rings (SSSR count). The number of halogens is 1. The number of carbonyl (C=O) groups is 2. The molecule has 0 aromatic heterocycles. The van der Waals surface area contributed by atoms with E-state index >= 15 is 0 Å². The molecule has 6 nitrogen and oxygen atoms in total. The Morgan fingerprint density at radius 1 is 1.30 bits per heavy atom. The fourth-order valence-electron chi connectivity index (χ4n) is 3.25. The highest BCUT2D eigenvalue weighted by Gasteiger charge is 2.41. The van der Waals surface area contributed by atoms with E-state index in [0.29, 0.717) is 36.6 Å². The van der Waals surface area contributed by atoms with E-state index in [4.69, 9.17) is 30.5 Å². The lowest BCUT2D eigenvalue weighted by Gasteiger charge is -2.37. The molecule has 3 atom stereocenters. The Kier molecular flexibility index (Phi) is 6.74. The number of allylic oxidation sites excluding steroid dienone is 1. The maximum Gasteiger partial charge on any atom is 0.332 e. The molecule has 1 aliphatic carbocycles. The Morgan fingerprint density at radius 3 is 2.89 bits per heavy atom. The normalized spacial score (nSPS) is 24.4. The summed E-state index contributed by atoms with van der Waals surface area (Å²) in [5.74, 6) is -0.156. The van der Waals surface area contributed by atoms with Crippen molar-refractivity contribution in [2.75, 3.05) is 13.2 Å². The maximum atomic E-state index is 12.7. The number of benzene rings is 1. The molecular formula is C20H23ClO6. The molecule has 0 radical (unpaired) electrons. The quantitative estimate of drug-likeness (QED) is 0.657. The van der Waals surface area contributed by atoms with Crippen LogP contribution in [-0.2, 0) is 23.8 Å². The van der Waals surface area contributed by atoms with Gasteiger partial charge in [-0.15, -0.1) is 0 Å². The number of ketones is 1. The third-order valence-corrected chi connectivity index (χ3v) is 4.95. The average molecular weight is 395 g/mol. The fourth-order valence-corrected chi connectivity index (χ4v) is 3.42. The Balaban J connectivity index is 1.54. The zero-order chi connectivity index (χ0) is 19.2. The van der Waals surface area contributed by atoms with E-state index in [-0.39, 0.29) is 42.2 Å². The molecule has 146 valence electrons. The summed E-state index contributed by atoms with van der Waals surface area (Å²) in [5, 5.41) is 0.431. The molecule has 7 heteroatoms. The van der Waals surface area contributed by atoms with Crippen molar-refractivity contribution in [2.45, 2.75) is 44.8 Å². The summed E-state index contributed by atoms with van der Waals surface area (Å²) in [6.45, 7) is 2.25. The molecule has 0 saturated heterocycles. The average Bonchev–Trinajstić information content (AvgIpc) is 2.68. The van der Waals surface area contributed by atoms with Crippen LogP contribution in [-0.4, -0.2) is 37.2 Å². The molecule has 2 aliphatic rings. The first kappa shape index (κ1) is 19.7. The number of hydrogen-bond acceptors (Lipinski definition) is 6.